The SMILES string of the molecule is C=CC(=O)Nc1cc(Nc2ncc3c(C)cc(=O)n(-c4cc(C)c(C)c(C)c4)c3n2)c(OC)cc1N(C)CCN(C)C.CC. The number of aryl methyl sites for hydroxylation is 3. The molecule has 0 aliphatic carbocycles. The van der Waals surface area contributed by atoms with Crippen LogP contribution in [0.3, 0.4) is 0 Å². The average molecular weight is 600 g/mol. The molecule has 0 saturated heterocycles. The molecular weight excluding hydrogens is 554 g/mol. The van der Waals surface area contributed by atoms with Gasteiger partial charge in [0, 0.05) is 43.9 Å². The third-order valence-corrected chi connectivity index (χ3v) is 7.44. The van der Waals surface area contributed by atoms with Gasteiger partial charge in [-0.3, -0.25) is 14.2 Å². The normalized spacial score (nSPS) is 10.7. The summed E-state index contributed by atoms with van der Waals surface area (Å²) >= 11 is 0. The lowest BCUT2D eigenvalue weighted by Gasteiger charge is -2.26. The van der Waals surface area contributed by atoms with Crippen LogP contribution in [-0.2, 0) is 4.79 Å². The van der Waals surface area contributed by atoms with Crippen molar-refractivity contribution in [1.29, 1.82) is 0 Å². The van der Waals surface area contributed by atoms with Crippen LogP contribution < -0.4 is 25.8 Å². The van der Waals surface area contributed by atoms with E-state index in [-0.39, 0.29) is 17.4 Å². The summed E-state index contributed by atoms with van der Waals surface area (Å²) in [6.45, 7) is 17.1. The topological polar surface area (TPSA) is 105 Å². The molecule has 4 aromatic rings. The van der Waals surface area contributed by atoms with Crippen LogP contribution in [0, 0.1) is 27.7 Å². The summed E-state index contributed by atoms with van der Waals surface area (Å²) in [7, 11) is 7.55. The molecule has 2 aromatic carbocycles. The van der Waals surface area contributed by atoms with Gasteiger partial charge >= 0.3 is 0 Å². The van der Waals surface area contributed by atoms with Crippen molar-refractivity contribution in [2.24, 2.45) is 0 Å². The van der Waals surface area contributed by atoms with Crippen molar-refractivity contribution < 1.29 is 9.53 Å². The van der Waals surface area contributed by atoms with Crippen LogP contribution in [0.2, 0.25) is 0 Å². The number of pyridine rings is 1. The van der Waals surface area contributed by atoms with Gasteiger partial charge in [0.05, 0.1) is 29.9 Å². The van der Waals surface area contributed by atoms with Crippen molar-refractivity contribution in [3.63, 3.8) is 0 Å². The van der Waals surface area contributed by atoms with Gasteiger partial charge in [-0.2, -0.15) is 4.98 Å². The minimum Gasteiger partial charge on any atom is -0.494 e. The maximum atomic E-state index is 13.3. The summed E-state index contributed by atoms with van der Waals surface area (Å²) in [5, 5.41) is 6.91. The number of ether oxygens (including phenoxy) is 1. The highest BCUT2D eigenvalue weighted by Crippen LogP contribution is 2.38. The van der Waals surface area contributed by atoms with Crippen molar-refractivity contribution in [3.05, 3.63) is 81.8 Å². The summed E-state index contributed by atoms with van der Waals surface area (Å²) < 4.78 is 7.35. The lowest BCUT2D eigenvalue weighted by Crippen LogP contribution is -2.29. The molecule has 2 aromatic heterocycles. The first-order valence-corrected chi connectivity index (χ1v) is 14.7. The Labute approximate surface area is 260 Å². The molecule has 0 bridgehead atoms. The van der Waals surface area contributed by atoms with Crippen molar-refractivity contribution in [1.82, 2.24) is 19.4 Å². The Balaban J connectivity index is 0.00000259. The number of methoxy groups -OCH3 is 1. The Morgan fingerprint density at radius 1 is 0.977 bits per heavy atom. The highest BCUT2D eigenvalue weighted by Gasteiger charge is 2.18. The van der Waals surface area contributed by atoms with Crippen LogP contribution >= 0.6 is 0 Å². The van der Waals surface area contributed by atoms with Crippen molar-refractivity contribution >= 4 is 40.0 Å². The molecular formula is C34H45N7O3. The van der Waals surface area contributed by atoms with E-state index < -0.39 is 0 Å². The lowest BCUT2D eigenvalue weighted by atomic mass is 10.0. The third-order valence-electron chi connectivity index (χ3n) is 7.44. The molecule has 10 heteroatoms. The number of likely N-dealkylation sites (N-methyl/N-ethyl adjacent to an activating group) is 2. The fraction of sp³-hybridized carbons (Fsp3) is 0.353. The van der Waals surface area contributed by atoms with E-state index in [0.717, 1.165) is 46.5 Å². The van der Waals surface area contributed by atoms with Crippen LogP contribution in [0.1, 0.15) is 36.1 Å². The number of rotatable bonds is 10. The second-order valence-electron chi connectivity index (χ2n) is 10.7. The average Bonchev–Trinajstić information content (AvgIpc) is 2.99. The molecule has 2 heterocycles. The van der Waals surface area contributed by atoms with Gasteiger partial charge in [0.2, 0.25) is 11.9 Å². The highest BCUT2D eigenvalue weighted by atomic mass is 16.5. The number of fused-ring (bicyclic) bond motifs is 1. The van der Waals surface area contributed by atoms with E-state index in [0.29, 0.717) is 22.8 Å². The molecule has 2 N–H and O–H groups in total. The minimum atomic E-state index is -0.335. The number of nitrogens with zero attached hydrogens (tertiary/aromatic N) is 5. The number of aromatic nitrogens is 3. The summed E-state index contributed by atoms with van der Waals surface area (Å²) in [6, 6.07) is 9.24. The minimum absolute atomic E-state index is 0.176. The van der Waals surface area contributed by atoms with Gasteiger partial charge in [0.15, 0.2) is 5.65 Å². The number of anilines is 4. The predicted octanol–water partition coefficient (Wildman–Crippen LogP) is 5.92. The van der Waals surface area contributed by atoms with Gasteiger partial charge in [0.1, 0.15) is 5.75 Å². The van der Waals surface area contributed by atoms with E-state index in [1.807, 2.05) is 78.9 Å². The van der Waals surface area contributed by atoms with Crippen LogP contribution in [0.5, 0.6) is 5.75 Å². The molecule has 44 heavy (non-hydrogen) atoms. The molecule has 10 nitrogen and oxygen atoms in total. The van der Waals surface area contributed by atoms with Crippen LogP contribution in [0.25, 0.3) is 16.7 Å². The van der Waals surface area contributed by atoms with E-state index in [2.05, 4.69) is 34.0 Å². The van der Waals surface area contributed by atoms with E-state index in [1.165, 1.54) is 11.6 Å². The quantitative estimate of drug-likeness (QED) is 0.217. The fourth-order valence-corrected chi connectivity index (χ4v) is 4.73. The maximum Gasteiger partial charge on any atom is 0.257 e. The third kappa shape index (κ3) is 7.44. The summed E-state index contributed by atoms with van der Waals surface area (Å²) in [6.07, 6.45) is 2.93. The predicted molar refractivity (Wildman–Crippen MR) is 182 cm³/mol. The van der Waals surface area contributed by atoms with Gasteiger partial charge in [-0.1, -0.05) is 20.4 Å². The van der Waals surface area contributed by atoms with Crippen LogP contribution in [0.15, 0.2) is 54.0 Å². The lowest BCUT2D eigenvalue weighted by molar-refractivity contribution is -0.111. The van der Waals surface area contributed by atoms with Gasteiger partial charge in [-0.15, -0.1) is 0 Å². The zero-order chi connectivity index (χ0) is 32.7. The number of carbonyl (C=O) groups is 1. The smallest absolute Gasteiger partial charge is 0.257 e. The first kappa shape index (κ1) is 33.8. The van der Waals surface area contributed by atoms with E-state index in [9.17, 15) is 9.59 Å². The Kier molecular flexibility index (Phi) is 11.3. The van der Waals surface area contributed by atoms with E-state index in [4.69, 9.17) is 9.72 Å². The highest BCUT2D eigenvalue weighted by molar-refractivity contribution is 6.02. The standard InChI is InChI=1S/C32H39N7O3.C2H6/c1-10-29(40)34-25-16-26(28(42-9)17-27(25)38(8)12-11-37(6)7)35-32-33-18-24-21(4)15-30(41)39(31(24)36-32)23-13-19(2)22(5)20(3)14-23;1-2/h10,13-18H,1,11-12H2,2-9H3,(H,34,40)(H,33,35,36);1-2H3. The summed E-state index contributed by atoms with van der Waals surface area (Å²) in [5.41, 5.74) is 7.10. The summed E-state index contributed by atoms with van der Waals surface area (Å²) in [5.74, 6) is 0.474. The molecule has 0 radical (unpaired) electrons. The van der Waals surface area contributed by atoms with Crippen LogP contribution in [-0.4, -0.2) is 66.7 Å². The second kappa shape index (κ2) is 14.7. The molecule has 234 valence electrons. The second-order valence-corrected chi connectivity index (χ2v) is 10.7. The van der Waals surface area contributed by atoms with Gasteiger partial charge in [-0.25, -0.2) is 4.98 Å². The molecule has 0 fully saturated rings. The van der Waals surface area contributed by atoms with E-state index in [1.54, 1.807) is 30.0 Å². The van der Waals surface area contributed by atoms with Gasteiger partial charge in [0.25, 0.3) is 5.56 Å². The van der Waals surface area contributed by atoms with Gasteiger partial charge in [-0.05, 0) is 88.3 Å². The van der Waals surface area contributed by atoms with E-state index >= 15 is 0 Å². The molecule has 0 saturated carbocycles. The summed E-state index contributed by atoms with van der Waals surface area (Å²) in [4.78, 5) is 39.1. The molecule has 0 aliphatic heterocycles. The first-order chi connectivity index (χ1) is 20.9. The number of hydrogen-bond donors (Lipinski definition) is 2. The zero-order valence-electron chi connectivity index (χ0n) is 27.6. The maximum absolute atomic E-state index is 13.3. The Morgan fingerprint density at radius 2 is 1.64 bits per heavy atom. The monoisotopic (exact) mass is 599 g/mol. The molecule has 0 aliphatic rings. The van der Waals surface area contributed by atoms with Crippen molar-refractivity contribution in [2.75, 3.05) is 56.9 Å². The molecule has 0 spiro atoms. The Morgan fingerprint density at radius 3 is 2.23 bits per heavy atom. The number of hydrogen-bond acceptors (Lipinski definition) is 8. The first-order valence-electron chi connectivity index (χ1n) is 14.7. The zero-order valence-corrected chi connectivity index (χ0v) is 27.6. The van der Waals surface area contributed by atoms with Crippen LogP contribution in [0.4, 0.5) is 23.0 Å². The Bertz CT molecular complexity index is 1700. The molecule has 1 amide bonds. The number of nitrogens with one attached hydrogen (secondary N) is 2. The fourth-order valence-electron chi connectivity index (χ4n) is 4.73. The number of benzene rings is 2. The van der Waals surface area contributed by atoms with Gasteiger partial charge < -0.3 is 25.2 Å². The number of carbonyl (C=O) groups excluding carboxylic acids is 1. The largest absolute Gasteiger partial charge is 0.494 e. The van der Waals surface area contributed by atoms with Crippen molar-refractivity contribution in [2.45, 2.75) is 41.5 Å². The number of amides is 1. The Hall–Kier alpha value is -4.70. The van der Waals surface area contributed by atoms with Crippen molar-refractivity contribution in [3.8, 4) is 11.4 Å². The molecule has 4 rings (SSSR count). The molecule has 0 unspecified atom stereocenters. The molecule has 0 atom stereocenters.